The average Bonchev–Trinajstić information content (AvgIpc) is 2.84. The van der Waals surface area contributed by atoms with Gasteiger partial charge in [-0.3, -0.25) is 9.59 Å². The first-order chi connectivity index (χ1) is 10.5. The van der Waals surface area contributed by atoms with Crippen LogP contribution in [0.4, 0.5) is 13.9 Å². The molecular formula is C14H9F2N3O2S. The van der Waals surface area contributed by atoms with E-state index in [2.05, 4.69) is 10.3 Å². The molecule has 0 unspecified atom stereocenters. The van der Waals surface area contributed by atoms with Gasteiger partial charge in [0.15, 0.2) is 10.9 Å². The van der Waals surface area contributed by atoms with Crippen LogP contribution in [0.3, 0.4) is 0 Å². The number of pyridine rings is 1. The molecule has 0 atom stereocenters. The molecule has 112 valence electrons. The maximum absolute atomic E-state index is 13.5. The highest BCUT2D eigenvalue weighted by Crippen LogP contribution is 2.28. The topological polar surface area (TPSA) is 64.0 Å². The van der Waals surface area contributed by atoms with Gasteiger partial charge in [-0.25, -0.2) is 13.8 Å². The summed E-state index contributed by atoms with van der Waals surface area (Å²) >= 11 is 0.958. The van der Waals surface area contributed by atoms with Gasteiger partial charge >= 0.3 is 0 Å². The van der Waals surface area contributed by atoms with Gasteiger partial charge in [0.25, 0.3) is 5.56 Å². The highest BCUT2D eigenvalue weighted by molar-refractivity contribution is 7.22. The number of nitrogens with one attached hydrogen (secondary N) is 1. The van der Waals surface area contributed by atoms with Crippen molar-refractivity contribution in [1.29, 1.82) is 0 Å². The van der Waals surface area contributed by atoms with Crippen LogP contribution in [-0.2, 0) is 11.3 Å². The third kappa shape index (κ3) is 2.86. The Morgan fingerprint density at radius 2 is 2.14 bits per heavy atom. The van der Waals surface area contributed by atoms with E-state index >= 15 is 0 Å². The van der Waals surface area contributed by atoms with Gasteiger partial charge in [-0.1, -0.05) is 17.4 Å². The normalized spacial score (nSPS) is 10.8. The maximum Gasteiger partial charge on any atom is 0.250 e. The molecule has 0 saturated carbocycles. The second-order valence-corrected chi connectivity index (χ2v) is 5.50. The number of aromatic nitrogens is 2. The predicted molar refractivity (Wildman–Crippen MR) is 78.9 cm³/mol. The minimum Gasteiger partial charge on any atom is -0.306 e. The Morgan fingerprint density at radius 3 is 2.91 bits per heavy atom. The van der Waals surface area contributed by atoms with Crippen LogP contribution in [0.15, 0.2) is 41.3 Å². The van der Waals surface area contributed by atoms with Crippen molar-refractivity contribution in [2.24, 2.45) is 0 Å². The summed E-state index contributed by atoms with van der Waals surface area (Å²) in [6.45, 7) is -0.188. The number of thiazole rings is 1. The minimum atomic E-state index is -0.786. The molecule has 0 bridgehead atoms. The van der Waals surface area contributed by atoms with Crippen LogP contribution in [0, 0.1) is 11.6 Å². The van der Waals surface area contributed by atoms with Crippen molar-refractivity contribution in [2.75, 3.05) is 5.32 Å². The number of carbonyl (C=O) groups is 1. The molecule has 1 aromatic carbocycles. The molecule has 2 heterocycles. The summed E-state index contributed by atoms with van der Waals surface area (Å²) in [5.41, 5.74) is -0.311. The molecule has 8 heteroatoms. The van der Waals surface area contributed by atoms with Crippen molar-refractivity contribution < 1.29 is 13.6 Å². The minimum absolute atomic E-state index is 0.00132. The Morgan fingerprint density at radius 1 is 1.32 bits per heavy atom. The number of amides is 1. The van der Waals surface area contributed by atoms with E-state index in [4.69, 9.17) is 0 Å². The van der Waals surface area contributed by atoms with Crippen molar-refractivity contribution in [1.82, 2.24) is 9.55 Å². The standard InChI is InChI=1S/C14H9F2N3O2S/c15-8-5-9(16)13-10(6-8)22-14(18-13)17-11(20)7-19-4-2-1-3-12(19)21/h1-6H,7H2,(H,17,18,20). The number of rotatable bonds is 3. The van der Waals surface area contributed by atoms with E-state index in [9.17, 15) is 18.4 Å². The fraction of sp³-hybridized carbons (Fsp3) is 0.0714. The molecule has 2 aromatic heterocycles. The molecule has 0 radical (unpaired) electrons. The van der Waals surface area contributed by atoms with Crippen molar-refractivity contribution in [3.05, 3.63) is 58.5 Å². The van der Waals surface area contributed by atoms with Gasteiger partial charge in [0.2, 0.25) is 5.91 Å². The molecule has 1 amide bonds. The molecule has 0 aliphatic rings. The summed E-state index contributed by atoms with van der Waals surface area (Å²) in [6.07, 6.45) is 1.48. The number of anilines is 1. The molecule has 3 aromatic rings. The van der Waals surface area contributed by atoms with Crippen LogP contribution in [0.1, 0.15) is 0 Å². The molecule has 22 heavy (non-hydrogen) atoms. The van der Waals surface area contributed by atoms with E-state index in [-0.39, 0.29) is 22.8 Å². The van der Waals surface area contributed by atoms with Gasteiger partial charge in [-0.15, -0.1) is 0 Å². The first kappa shape index (κ1) is 14.3. The zero-order chi connectivity index (χ0) is 15.7. The molecule has 5 nitrogen and oxygen atoms in total. The summed E-state index contributed by atoms with van der Waals surface area (Å²) in [5, 5.41) is 2.62. The van der Waals surface area contributed by atoms with E-state index in [0.717, 1.165) is 23.5 Å². The first-order valence-corrected chi connectivity index (χ1v) is 7.05. The van der Waals surface area contributed by atoms with Crippen LogP contribution in [0.2, 0.25) is 0 Å². The molecule has 0 spiro atoms. The molecule has 0 fully saturated rings. The van der Waals surface area contributed by atoms with Crippen LogP contribution < -0.4 is 10.9 Å². The third-order valence-electron chi connectivity index (χ3n) is 2.87. The van der Waals surface area contributed by atoms with Crippen LogP contribution in [0.25, 0.3) is 10.2 Å². The predicted octanol–water partition coefficient (Wildman–Crippen LogP) is 2.37. The van der Waals surface area contributed by atoms with Crippen LogP contribution in [-0.4, -0.2) is 15.5 Å². The van der Waals surface area contributed by atoms with Gasteiger partial charge in [-0.05, 0) is 12.1 Å². The van der Waals surface area contributed by atoms with Gasteiger partial charge in [-0.2, -0.15) is 0 Å². The Labute approximate surface area is 126 Å². The molecule has 0 aliphatic carbocycles. The Kier molecular flexibility index (Phi) is 3.68. The lowest BCUT2D eigenvalue weighted by atomic mass is 10.3. The van der Waals surface area contributed by atoms with Gasteiger partial charge in [0.05, 0.1) is 4.70 Å². The SMILES string of the molecule is O=C(Cn1ccccc1=O)Nc1nc2c(F)cc(F)cc2s1. The highest BCUT2D eigenvalue weighted by atomic mass is 32.1. The van der Waals surface area contributed by atoms with Crippen molar-refractivity contribution in [3.8, 4) is 0 Å². The smallest absolute Gasteiger partial charge is 0.250 e. The van der Waals surface area contributed by atoms with Crippen molar-refractivity contribution in [3.63, 3.8) is 0 Å². The number of fused-ring (bicyclic) bond motifs is 1. The Balaban J connectivity index is 1.81. The van der Waals surface area contributed by atoms with E-state index in [1.807, 2.05) is 0 Å². The molecular weight excluding hydrogens is 312 g/mol. The van der Waals surface area contributed by atoms with Gasteiger partial charge in [0.1, 0.15) is 17.9 Å². The monoisotopic (exact) mass is 321 g/mol. The Bertz CT molecular complexity index is 920. The van der Waals surface area contributed by atoms with Gasteiger partial charge < -0.3 is 9.88 Å². The second-order valence-electron chi connectivity index (χ2n) is 4.47. The van der Waals surface area contributed by atoms with E-state index < -0.39 is 17.5 Å². The zero-order valence-electron chi connectivity index (χ0n) is 11.0. The molecule has 0 saturated heterocycles. The number of benzene rings is 1. The van der Waals surface area contributed by atoms with Gasteiger partial charge in [0, 0.05) is 18.3 Å². The summed E-state index contributed by atoms with van der Waals surface area (Å²) in [7, 11) is 0. The molecule has 0 aliphatic heterocycles. The summed E-state index contributed by atoms with van der Waals surface area (Å²) in [4.78, 5) is 27.3. The lowest BCUT2D eigenvalue weighted by molar-refractivity contribution is -0.116. The first-order valence-electron chi connectivity index (χ1n) is 6.24. The highest BCUT2D eigenvalue weighted by Gasteiger charge is 2.13. The number of hydrogen-bond acceptors (Lipinski definition) is 4. The van der Waals surface area contributed by atoms with E-state index in [1.165, 1.54) is 16.8 Å². The number of halogens is 2. The Hall–Kier alpha value is -2.61. The van der Waals surface area contributed by atoms with E-state index in [1.54, 1.807) is 12.1 Å². The number of hydrogen-bond donors (Lipinski definition) is 1. The second kappa shape index (κ2) is 5.64. The van der Waals surface area contributed by atoms with Crippen molar-refractivity contribution >= 4 is 32.6 Å². The maximum atomic E-state index is 13.5. The summed E-state index contributed by atoms with van der Waals surface area (Å²) < 4.78 is 28.2. The van der Waals surface area contributed by atoms with Crippen LogP contribution in [0.5, 0.6) is 0 Å². The number of nitrogens with zero attached hydrogens (tertiary/aromatic N) is 2. The van der Waals surface area contributed by atoms with E-state index in [0.29, 0.717) is 4.70 Å². The lowest BCUT2D eigenvalue weighted by Crippen LogP contribution is -2.26. The zero-order valence-corrected chi connectivity index (χ0v) is 11.9. The van der Waals surface area contributed by atoms with Crippen molar-refractivity contribution in [2.45, 2.75) is 6.54 Å². The molecule has 3 rings (SSSR count). The summed E-state index contributed by atoms with van der Waals surface area (Å²) in [6, 6.07) is 6.42. The average molecular weight is 321 g/mol. The molecule has 1 N–H and O–H groups in total. The third-order valence-corrected chi connectivity index (χ3v) is 3.79. The van der Waals surface area contributed by atoms with Crippen LogP contribution >= 0.6 is 11.3 Å². The fourth-order valence-corrected chi connectivity index (χ4v) is 2.84. The largest absolute Gasteiger partial charge is 0.306 e. The summed E-state index contributed by atoms with van der Waals surface area (Å²) in [5.74, 6) is -1.97. The number of carbonyl (C=O) groups excluding carboxylic acids is 1. The quantitative estimate of drug-likeness (QED) is 0.805. The lowest BCUT2D eigenvalue weighted by Gasteiger charge is -2.04. The fourth-order valence-electron chi connectivity index (χ4n) is 1.92.